The number of likely N-dealkylation sites (N-methyl/N-ethyl adjacent to an activating group) is 1. The Balaban J connectivity index is 2.11. The minimum absolute atomic E-state index is 0.336. The summed E-state index contributed by atoms with van der Waals surface area (Å²) < 4.78 is 0. The summed E-state index contributed by atoms with van der Waals surface area (Å²) in [6.45, 7) is 0. The Morgan fingerprint density at radius 2 is 1.77 bits per heavy atom. The summed E-state index contributed by atoms with van der Waals surface area (Å²) in [5, 5.41) is 18.4. The van der Waals surface area contributed by atoms with Crippen LogP contribution >= 0.6 is 0 Å². The van der Waals surface area contributed by atoms with Gasteiger partial charge in [-0.1, -0.05) is 43.2 Å². The minimum Gasteiger partial charge on any atom is -0.481 e. The highest BCUT2D eigenvalue weighted by Crippen LogP contribution is 2.32. The van der Waals surface area contributed by atoms with Crippen molar-refractivity contribution in [3.63, 3.8) is 0 Å². The monoisotopic (exact) mass is 362 g/mol. The van der Waals surface area contributed by atoms with E-state index in [4.69, 9.17) is 5.21 Å². The molecule has 142 valence electrons. The van der Waals surface area contributed by atoms with Crippen molar-refractivity contribution in [3.05, 3.63) is 35.9 Å². The Hall–Kier alpha value is -2.41. The Labute approximate surface area is 153 Å². The van der Waals surface area contributed by atoms with Gasteiger partial charge < -0.3 is 10.0 Å². The average molecular weight is 362 g/mol. The van der Waals surface area contributed by atoms with Gasteiger partial charge in [0.1, 0.15) is 6.04 Å². The van der Waals surface area contributed by atoms with E-state index in [1.165, 1.54) is 11.9 Å². The van der Waals surface area contributed by atoms with Crippen LogP contribution in [-0.4, -0.2) is 46.1 Å². The zero-order chi connectivity index (χ0) is 19.1. The van der Waals surface area contributed by atoms with E-state index in [9.17, 15) is 19.5 Å². The van der Waals surface area contributed by atoms with Gasteiger partial charge in [0.25, 0.3) is 5.91 Å². The minimum atomic E-state index is -0.969. The number of rotatable bonds is 7. The predicted molar refractivity (Wildman–Crippen MR) is 94.3 cm³/mol. The third kappa shape index (κ3) is 4.82. The number of hydroxylamine groups is 1. The predicted octanol–water partition coefficient (Wildman–Crippen LogP) is 1.84. The molecule has 7 nitrogen and oxygen atoms in total. The molecule has 0 aromatic heterocycles. The van der Waals surface area contributed by atoms with Gasteiger partial charge in [0.2, 0.25) is 5.91 Å². The van der Waals surface area contributed by atoms with Crippen molar-refractivity contribution in [3.8, 4) is 0 Å². The van der Waals surface area contributed by atoms with Gasteiger partial charge in [0.15, 0.2) is 0 Å². The van der Waals surface area contributed by atoms with Crippen LogP contribution in [0.25, 0.3) is 0 Å². The highest BCUT2D eigenvalue weighted by molar-refractivity contribution is 5.90. The van der Waals surface area contributed by atoms with Crippen molar-refractivity contribution in [2.75, 3.05) is 7.05 Å². The Kier molecular flexibility index (Phi) is 7.15. The third-order valence-corrected chi connectivity index (χ3v) is 5.18. The summed E-state index contributed by atoms with van der Waals surface area (Å²) in [5.74, 6) is -3.33. The number of aryl methyl sites for hydroxylation is 1. The number of hydrogen-bond donors (Lipinski definition) is 3. The van der Waals surface area contributed by atoms with E-state index in [2.05, 4.69) is 0 Å². The highest BCUT2D eigenvalue weighted by atomic mass is 16.5. The Bertz CT molecular complexity index is 634. The standard InChI is InChI=1S/C19H26N2O5/c1-21(18(23)14-9-5-6-10-15(14)19(24)25)16(17(22)20-26)12-11-13-7-3-2-4-8-13/h2-4,7-8,14-16,26H,5-6,9-12H2,1H3,(H,20,22)(H,24,25)/t14-,15+,16?/m0/s1. The molecule has 2 rings (SSSR count). The number of hydrogen-bond acceptors (Lipinski definition) is 4. The number of aliphatic carboxylic acids is 1. The quantitative estimate of drug-likeness (QED) is 0.507. The molecule has 3 atom stereocenters. The summed E-state index contributed by atoms with van der Waals surface area (Å²) in [5.41, 5.74) is 2.64. The number of carbonyl (C=O) groups excluding carboxylic acids is 2. The van der Waals surface area contributed by atoms with Gasteiger partial charge in [-0.2, -0.15) is 0 Å². The van der Waals surface area contributed by atoms with Crippen LogP contribution in [0.1, 0.15) is 37.7 Å². The molecule has 0 heterocycles. The molecule has 1 aliphatic carbocycles. The zero-order valence-corrected chi connectivity index (χ0v) is 14.9. The van der Waals surface area contributed by atoms with Crippen LogP contribution in [0, 0.1) is 11.8 Å². The molecule has 1 fully saturated rings. The van der Waals surface area contributed by atoms with E-state index in [0.717, 1.165) is 18.4 Å². The van der Waals surface area contributed by atoms with E-state index < -0.39 is 29.8 Å². The fraction of sp³-hybridized carbons (Fsp3) is 0.526. The normalized spacial score (nSPS) is 20.8. The van der Waals surface area contributed by atoms with Gasteiger partial charge in [-0.15, -0.1) is 0 Å². The molecule has 0 saturated heterocycles. The first-order valence-electron chi connectivity index (χ1n) is 8.93. The van der Waals surface area contributed by atoms with Crippen LogP contribution in [-0.2, 0) is 20.8 Å². The number of amides is 2. The van der Waals surface area contributed by atoms with Gasteiger partial charge in [-0.3, -0.25) is 19.6 Å². The molecule has 1 aromatic rings. The molecule has 0 bridgehead atoms. The number of benzene rings is 1. The second-order valence-corrected chi connectivity index (χ2v) is 6.80. The van der Waals surface area contributed by atoms with E-state index in [1.807, 2.05) is 30.3 Å². The van der Waals surface area contributed by atoms with Crippen molar-refractivity contribution in [2.45, 2.75) is 44.6 Å². The lowest BCUT2D eigenvalue weighted by Gasteiger charge is -2.34. The van der Waals surface area contributed by atoms with Gasteiger partial charge in [-0.05, 0) is 31.2 Å². The molecule has 2 amide bonds. The Morgan fingerprint density at radius 3 is 2.35 bits per heavy atom. The average Bonchev–Trinajstić information content (AvgIpc) is 2.67. The maximum Gasteiger partial charge on any atom is 0.307 e. The molecular weight excluding hydrogens is 336 g/mol. The first kappa shape index (κ1) is 19.9. The summed E-state index contributed by atoms with van der Waals surface area (Å²) in [4.78, 5) is 37.8. The summed E-state index contributed by atoms with van der Waals surface area (Å²) in [6.07, 6.45) is 3.47. The van der Waals surface area contributed by atoms with Crippen molar-refractivity contribution < 1.29 is 24.7 Å². The molecule has 7 heteroatoms. The van der Waals surface area contributed by atoms with E-state index in [-0.39, 0.29) is 5.91 Å². The number of carboxylic acid groups (broad SMARTS) is 1. The molecular formula is C19H26N2O5. The molecule has 0 radical (unpaired) electrons. The highest BCUT2D eigenvalue weighted by Gasteiger charge is 2.39. The number of nitrogens with zero attached hydrogens (tertiary/aromatic N) is 1. The Morgan fingerprint density at radius 1 is 1.15 bits per heavy atom. The van der Waals surface area contributed by atoms with Crippen molar-refractivity contribution in [2.24, 2.45) is 11.8 Å². The number of carbonyl (C=O) groups is 3. The number of nitrogens with one attached hydrogen (secondary N) is 1. The second-order valence-electron chi connectivity index (χ2n) is 6.80. The molecule has 1 unspecified atom stereocenters. The van der Waals surface area contributed by atoms with Crippen molar-refractivity contribution in [1.29, 1.82) is 0 Å². The van der Waals surface area contributed by atoms with Crippen LogP contribution in [0.5, 0.6) is 0 Å². The van der Waals surface area contributed by atoms with Crippen LogP contribution < -0.4 is 5.48 Å². The first-order valence-corrected chi connectivity index (χ1v) is 8.93. The van der Waals surface area contributed by atoms with Crippen molar-refractivity contribution in [1.82, 2.24) is 10.4 Å². The van der Waals surface area contributed by atoms with Gasteiger partial charge in [0.05, 0.1) is 11.8 Å². The van der Waals surface area contributed by atoms with E-state index >= 15 is 0 Å². The SMILES string of the molecule is CN(C(=O)[C@H]1CCCC[C@H]1C(=O)O)C(CCc1ccccc1)C(=O)NO. The van der Waals surface area contributed by atoms with Gasteiger partial charge >= 0.3 is 5.97 Å². The lowest BCUT2D eigenvalue weighted by molar-refractivity contribution is -0.154. The molecule has 26 heavy (non-hydrogen) atoms. The van der Waals surface area contributed by atoms with Gasteiger partial charge in [0, 0.05) is 7.05 Å². The summed E-state index contributed by atoms with van der Waals surface area (Å²) in [7, 11) is 1.50. The molecule has 3 N–H and O–H groups in total. The molecule has 1 saturated carbocycles. The topological polar surface area (TPSA) is 107 Å². The fourth-order valence-corrected chi connectivity index (χ4v) is 3.66. The second kappa shape index (κ2) is 9.33. The van der Waals surface area contributed by atoms with Crippen molar-refractivity contribution >= 4 is 17.8 Å². The summed E-state index contributed by atoms with van der Waals surface area (Å²) in [6, 6.07) is 8.68. The van der Waals surface area contributed by atoms with Gasteiger partial charge in [-0.25, -0.2) is 5.48 Å². The lowest BCUT2D eigenvalue weighted by Crippen LogP contribution is -2.51. The summed E-state index contributed by atoms with van der Waals surface area (Å²) >= 11 is 0. The third-order valence-electron chi connectivity index (χ3n) is 5.18. The largest absolute Gasteiger partial charge is 0.481 e. The molecule has 1 aliphatic rings. The molecule has 1 aromatic carbocycles. The molecule has 0 spiro atoms. The van der Waals surface area contributed by atoms with E-state index in [0.29, 0.717) is 25.7 Å². The van der Waals surface area contributed by atoms with Crippen LogP contribution in [0.4, 0.5) is 0 Å². The fourth-order valence-electron chi connectivity index (χ4n) is 3.66. The van der Waals surface area contributed by atoms with Crippen LogP contribution in [0.3, 0.4) is 0 Å². The molecule has 0 aliphatic heterocycles. The van der Waals surface area contributed by atoms with Crippen LogP contribution in [0.15, 0.2) is 30.3 Å². The lowest BCUT2D eigenvalue weighted by atomic mass is 9.78. The smallest absolute Gasteiger partial charge is 0.307 e. The maximum atomic E-state index is 12.9. The van der Waals surface area contributed by atoms with E-state index in [1.54, 1.807) is 5.48 Å². The maximum absolute atomic E-state index is 12.9. The first-order chi connectivity index (χ1) is 12.5. The zero-order valence-electron chi connectivity index (χ0n) is 14.9. The van der Waals surface area contributed by atoms with Crippen LogP contribution in [0.2, 0.25) is 0 Å². The number of carboxylic acids is 1.